The number of nitrogens with zero attached hydrogens (tertiary/aromatic N) is 1. The van der Waals surface area contributed by atoms with Gasteiger partial charge in [-0.3, -0.25) is 9.78 Å². The van der Waals surface area contributed by atoms with E-state index in [0.29, 0.717) is 18.8 Å². The Morgan fingerprint density at radius 1 is 1.00 bits per heavy atom. The van der Waals surface area contributed by atoms with Crippen LogP contribution >= 0.6 is 0 Å². The number of hydrogen-bond donors (Lipinski definition) is 2. The number of anilines is 1. The molecule has 0 saturated carbocycles. The molecule has 0 unspecified atom stereocenters. The van der Waals surface area contributed by atoms with Gasteiger partial charge in [-0.15, -0.1) is 0 Å². The van der Waals surface area contributed by atoms with Crippen molar-refractivity contribution in [3.63, 3.8) is 0 Å². The Balaban J connectivity index is 1.51. The van der Waals surface area contributed by atoms with Crippen molar-refractivity contribution >= 4 is 11.6 Å². The summed E-state index contributed by atoms with van der Waals surface area (Å²) in [4.78, 5) is 16.5. The predicted octanol–water partition coefficient (Wildman–Crippen LogP) is 3.67. The van der Waals surface area contributed by atoms with Crippen molar-refractivity contribution in [3.8, 4) is 5.75 Å². The molecule has 1 amide bonds. The highest BCUT2D eigenvalue weighted by atomic mass is 16.5. The lowest BCUT2D eigenvalue weighted by molar-refractivity contribution is 0.0949. The quantitative estimate of drug-likeness (QED) is 0.642. The molecular weight excluding hydrogens is 338 g/mol. The van der Waals surface area contributed by atoms with E-state index in [1.54, 1.807) is 19.4 Å². The van der Waals surface area contributed by atoms with Gasteiger partial charge in [-0.25, -0.2) is 0 Å². The van der Waals surface area contributed by atoms with E-state index in [0.717, 1.165) is 23.4 Å². The molecule has 0 saturated heterocycles. The number of rotatable bonds is 8. The number of hydrogen-bond acceptors (Lipinski definition) is 4. The van der Waals surface area contributed by atoms with Crippen molar-refractivity contribution in [2.45, 2.75) is 13.0 Å². The normalized spacial score (nSPS) is 10.3. The van der Waals surface area contributed by atoms with Crippen molar-refractivity contribution in [3.05, 3.63) is 89.7 Å². The molecule has 1 aromatic heterocycles. The second-order valence-corrected chi connectivity index (χ2v) is 6.12. The van der Waals surface area contributed by atoms with Crippen LogP contribution in [-0.4, -0.2) is 24.5 Å². The average molecular weight is 361 g/mol. The summed E-state index contributed by atoms with van der Waals surface area (Å²) in [6.07, 6.45) is 2.43. The molecule has 0 aliphatic carbocycles. The molecule has 5 nitrogen and oxygen atoms in total. The molecule has 0 bridgehead atoms. The van der Waals surface area contributed by atoms with Gasteiger partial charge in [-0.1, -0.05) is 42.5 Å². The Hall–Kier alpha value is -3.34. The van der Waals surface area contributed by atoms with E-state index in [-0.39, 0.29) is 5.91 Å². The molecule has 27 heavy (non-hydrogen) atoms. The van der Waals surface area contributed by atoms with Gasteiger partial charge < -0.3 is 15.4 Å². The third-order valence-electron chi connectivity index (χ3n) is 4.19. The molecule has 0 fully saturated rings. The minimum Gasteiger partial charge on any atom is -0.497 e. The van der Waals surface area contributed by atoms with E-state index in [9.17, 15) is 4.79 Å². The first-order chi connectivity index (χ1) is 13.2. The van der Waals surface area contributed by atoms with Gasteiger partial charge >= 0.3 is 0 Å². The Labute approximate surface area is 159 Å². The lowest BCUT2D eigenvalue weighted by Crippen LogP contribution is -2.26. The summed E-state index contributed by atoms with van der Waals surface area (Å²) >= 11 is 0. The van der Waals surface area contributed by atoms with Crippen LogP contribution in [-0.2, 0) is 13.0 Å². The Kier molecular flexibility index (Phi) is 6.41. The highest BCUT2D eigenvalue weighted by molar-refractivity contribution is 5.93. The summed E-state index contributed by atoms with van der Waals surface area (Å²) in [6, 6.07) is 21.6. The van der Waals surface area contributed by atoms with Crippen LogP contribution in [0.25, 0.3) is 0 Å². The molecule has 5 heteroatoms. The summed E-state index contributed by atoms with van der Waals surface area (Å²) in [6.45, 7) is 1.23. The minimum absolute atomic E-state index is 0.168. The smallest absolute Gasteiger partial charge is 0.269 e. The van der Waals surface area contributed by atoms with Gasteiger partial charge in [-0.2, -0.15) is 0 Å². The van der Waals surface area contributed by atoms with Gasteiger partial charge in [0, 0.05) is 25.0 Å². The fourth-order valence-corrected chi connectivity index (χ4v) is 2.67. The third-order valence-corrected chi connectivity index (χ3v) is 4.19. The van der Waals surface area contributed by atoms with Crippen LogP contribution in [0.4, 0.5) is 5.69 Å². The lowest BCUT2D eigenvalue weighted by Gasteiger charge is -2.09. The van der Waals surface area contributed by atoms with E-state index in [1.807, 2.05) is 60.7 Å². The SMILES string of the molecule is COc1ccc(CNc2ccnc(C(=O)NCCc3ccccc3)c2)cc1. The lowest BCUT2D eigenvalue weighted by atomic mass is 10.1. The molecule has 3 rings (SSSR count). The maximum Gasteiger partial charge on any atom is 0.269 e. The highest BCUT2D eigenvalue weighted by Gasteiger charge is 2.07. The van der Waals surface area contributed by atoms with Crippen LogP contribution in [0, 0.1) is 0 Å². The number of nitrogens with one attached hydrogen (secondary N) is 2. The van der Waals surface area contributed by atoms with Crippen molar-refractivity contribution in [1.82, 2.24) is 10.3 Å². The Morgan fingerprint density at radius 2 is 1.78 bits per heavy atom. The van der Waals surface area contributed by atoms with Crippen molar-refractivity contribution in [1.29, 1.82) is 0 Å². The first-order valence-corrected chi connectivity index (χ1v) is 8.89. The van der Waals surface area contributed by atoms with Crippen molar-refractivity contribution in [2.75, 3.05) is 19.0 Å². The van der Waals surface area contributed by atoms with Crippen LogP contribution in [0.2, 0.25) is 0 Å². The van der Waals surface area contributed by atoms with E-state index in [1.165, 1.54) is 5.56 Å². The number of pyridine rings is 1. The summed E-state index contributed by atoms with van der Waals surface area (Å²) in [5, 5.41) is 6.23. The zero-order valence-electron chi connectivity index (χ0n) is 15.3. The number of carbonyl (C=O) groups is 1. The largest absolute Gasteiger partial charge is 0.497 e. The molecule has 138 valence electrons. The van der Waals surface area contributed by atoms with Gasteiger partial charge in [0.1, 0.15) is 11.4 Å². The van der Waals surface area contributed by atoms with Crippen LogP contribution in [0.5, 0.6) is 5.75 Å². The van der Waals surface area contributed by atoms with E-state index < -0.39 is 0 Å². The maximum absolute atomic E-state index is 12.3. The molecule has 0 aliphatic rings. The molecule has 3 aromatic rings. The van der Waals surface area contributed by atoms with Crippen LogP contribution < -0.4 is 15.4 Å². The van der Waals surface area contributed by atoms with E-state index in [2.05, 4.69) is 15.6 Å². The zero-order chi connectivity index (χ0) is 18.9. The van der Waals surface area contributed by atoms with Crippen LogP contribution in [0.3, 0.4) is 0 Å². The number of ether oxygens (including phenoxy) is 1. The first kappa shape index (κ1) is 18.5. The number of carbonyl (C=O) groups excluding carboxylic acids is 1. The van der Waals surface area contributed by atoms with Crippen molar-refractivity contribution < 1.29 is 9.53 Å². The third kappa shape index (κ3) is 5.57. The molecule has 0 spiro atoms. The van der Waals surface area contributed by atoms with E-state index >= 15 is 0 Å². The predicted molar refractivity (Wildman–Crippen MR) is 107 cm³/mol. The summed E-state index contributed by atoms with van der Waals surface area (Å²) in [5.74, 6) is 0.663. The second kappa shape index (κ2) is 9.38. The molecule has 0 radical (unpaired) electrons. The molecule has 2 aromatic carbocycles. The molecule has 2 N–H and O–H groups in total. The van der Waals surface area contributed by atoms with Gasteiger partial charge in [0.25, 0.3) is 5.91 Å². The summed E-state index contributed by atoms with van der Waals surface area (Å²) < 4.78 is 5.16. The molecular formula is C22H23N3O2. The minimum atomic E-state index is -0.168. The summed E-state index contributed by atoms with van der Waals surface area (Å²) in [5.41, 5.74) is 3.58. The number of amides is 1. The first-order valence-electron chi connectivity index (χ1n) is 8.89. The fraction of sp³-hybridized carbons (Fsp3) is 0.182. The van der Waals surface area contributed by atoms with E-state index in [4.69, 9.17) is 4.74 Å². The zero-order valence-corrected chi connectivity index (χ0v) is 15.3. The topological polar surface area (TPSA) is 63.2 Å². The van der Waals surface area contributed by atoms with Gasteiger partial charge in [-0.05, 0) is 41.8 Å². The highest BCUT2D eigenvalue weighted by Crippen LogP contribution is 2.14. The monoisotopic (exact) mass is 361 g/mol. The fourth-order valence-electron chi connectivity index (χ4n) is 2.67. The number of benzene rings is 2. The molecule has 0 aliphatic heterocycles. The van der Waals surface area contributed by atoms with Gasteiger partial charge in [0.05, 0.1) is 7.11 Å². The number of methoxy groups -OCH3 is 1. The van der Waals surface area contributed by atoms with Crippen LogP contribution in [0.15, 0.2) is 72.9 Å². The van der Waals surface area contributed by atoms with Gasteiger partial charge in [0.15, 0.2) is 0 Å². The average Bonchev–Trinajstić information content (AvgIpc) is 2.73. The molecule has 1 heterocycles. The van der Waals surface area contributed by atoms with Gasteiger partial charge in [0.2, 0.25) is 0 Å². The van der Waals surface area contributed by atoms with Crippen molar-refractivity contribution in [2.24, 2.45) is 0 Å². The Morgan fingerprint density at radius 3 is 2.52 bits per heavy atom. The second-order valence-electron chi connectivity index (χ2n) is 6.12. The van der Waals surface area contributed by atoms with Crippen LogP contribution in [0.1, 0.15) is 21.6 Å². The maximum atomic E-state index is 12.3. The molecule has 0 atom stereocenters. The standard InChI is InChI=1S/C22H23N3O2/c1-27-20-9-7-18(8-10-20)16-25-19-12-14-23-21(15-19)22(26)24-13-11-17-5-3-2-4-6-17/h2-10,12,14-15H,11,13,16H2,1H3,(H,23,25)(H,24,26). The summed E-state index contributed by atoms with van der Waals surface area (Å²) in [7, 11) is 1.65. The Bertz CT molecular complexity index is 864. The number of aromatic nitrogens is 1.